The first-order chi connectivity index (χ1) is 13.6. The van der Waals surface area contributed by atoms with Crippen molar-refractivity contribution >= 4 is 28.3 Å². The van der Waals surface area contributed by atoms with Gasteiger partial charge in [-0.05, 0) is 50.1 Å². The number of hydrogen-bond acceptors (Lipinski definition) is 4. The molecule has 1 aliphatic rings. The van der Waals surface area contributed by atoms with Crippen molar-refractivity contribution < 1.29 is 9.59 Å². The topological polar surface area (TPSA) is 67.2 Å². The van der Waals surface area contributed by atoms with Gasteiger partial charge in [-0.2, -0.15) is 0 Å². The van der Waals surface area contributed by atoms with E-state index in [4.69, 9.17) is 0 Å². The zero-order chi connectivity index (χ0) is 19.5. The maximum Gasteiger partial charge on any atom is 0.253 e. The lowest BCUT2D eigenvalue weighted by atomic mass is 9.95. The first-order valence-corrected chi connectivity index (χ1v) is 10.2. The van der Waals surface area contributed by atoms with E-state index in [1.54, 1.807) is 0 Å². The molecular formula is C21H22N4O2S. The van der Waals surface area contributed by atoms with Crippen LogP contribution in [0.15, 0.2) is 54.2 Å². The minimum Gasteiger partial charge on any atom is -0.339 e. The smallest absolute Gasteiger partial charge is 0.253 e. The van der Waals surface area contributed by atoms with E-state index in [-0.39, 0.29) is 17.7 Å². The Kier molecular flexibility index (Phi) is 5.25. The van der Waals surface area contributed by atoms with Crippen molar-refractivity contribution in [3.8, 4) is 5.69 Å². The number of carbonyl (C=O) groups is 2. The van der Waals surface area contributed by atoms with E-state index in [0.29, 0.717) is 36.6 Å². The third-order valence-corrected chi connectivity index (χ3v) is 5.87. The van der Waals surface area contributed by atoms with Gasteiger partial charge in [0, 0.05) is 48.0 Å². The molecule has 6 nitrogen and oxygen atoms in total. The fourth-order valence-corrected chi connectivity index (χ4v) is 4.14. The lowest BCUT2D eigenvalue weighted by Crippen LogP contribution is -2.41. The van der Waals surface area contributed by atoms with Crippen molar-refractivity contribution in [2.75, 3.05) is 18.4 Å². The maximum absolute atomic E-state index is 12.9. The molecule has 2 aromatic heterocycles. The largest absolute Gasteiger partial charge is 0.339 e. The molecule has 0 radical (unpaired) electrons. The molecule has 7 heteroatoms. The Bertz CT molecular complexity index is 972. The molecule has 0 unspecified atom stereocenters. The Balaban J connectivity index is 1.36. The van der Waals surface area contributed by atoms with Gasteiger partial charge >= 0.3 is 0 Å². The Hall–Kier alpha value is -2.93. The van der Waals surface area contributed by atoms with Gasteiger partial charge in [0.25, 0.3) is 5.91 Å². The van der Waals surface area contributed by atoms with E-state index in [9.17, 15) is 9.59 Å². The third kappa shape index (κ3) is 3.99. The molecule has 0 aliphatic carbocycles. The van der Waals surface area contributed by atoms with E-state index in [0.717, 1.165) is 11.4 Å². The number of aryl methyl sites for hydroxylation is 1. The quantitative estimate of drug-likeness (QED) is 0.733. The van der Waals surface area contributed by atoms with E-state index in [2.05, 4.69) is 10.3 Å². The van der Waals surface area contributed by atoms with Crippen LogP contribution in [0, 0.1) is 12.8 Å². The standard InChI is InChI=1S/C21H22N4O2S/c1-15-14-28-21(22-15)23-19(26)16-7-11-25(12-8-16)20(27)17-5-4-6-18(13-17)24-9-2-3-10-24/h2-6,9-10,13-14,16H,7-8,11-12H2,1H3,(H,22,23,26). The van der Waals surface area contributed by atoms with Crippen LogP contribution < -0.4 is 5.32 Å². The summed E-state index contributed by atoms with van der Waals surface area (Å²) >= 11 is 1.44. The van der Waals surface area contributed by atoms with Crippen molar-refractivity contribution in [2.24, 2.45) is 5.92 Å². The fraction of sp³-hybridized carbons (Fsp3) is 0.286. The second-order valence-corrected chi connectivity index (χ2v) is 7.85. The predicted molar refractivity (Wildman–Crippen MR) is 110 cm³/mol. The highest BCUT2D eigenvalue weighted by Gasteiger charge is 2.28. The summed E-state index contributed by atoms with van der Waals surface area (Å²) in [7, 11) is 0. The molecule has 28 heavy (non-hydrogen) atoms. The summed E-state index contributed by atoms with van der Waals surface area (Å²) in [6, 6.07) is 11.5. The zero-order valence-corrected chi connectivity index (χ0v) is 16.5. The normalized spacial score (nSPS) is 14.8. The summed E-state index contributed by atoms with van der Waals surface area (Å²) in [4.78, 5) is 31.5. The fourth-order valence-electron chi connectivity index (χ4n) is 3.45. The molecule has 0 atom stereocenters. The lowest BCUT2D eigenvalue weighted by molar-refractivity contribution is -0.121. The van der Waals surface area contributed by atoms with Crippen LogP contribution in [-0.2, 0) is 4.79 Å². The molecule has 4 rings (SSSR count). The number of rotatable bonds is 4. The SMILES string of the molecule is Cc1csc(NC(=O)C2CCN(C(=O)c3cccc(-n4cccc4)c3)CC2)n1. The zero-order valence-electron chi connectivity index (χ0n) is 15.7. The van der Waals surface area contributed by atoms with Gasteiger partial charge in [0.1, 0.15) is 0 Å². The van der Waals surface area contributed by atoms with Crippen LogP contribution >= 0.6 is 11.3 Å². The molecule has 0 saturated carbocycles. The highest BCUT2D eigenvalue weighted by Crippen LogP contribution is 2.23. The van der Waals surface area contributed by atoms with Gasteiger partial charge in [0.05, 0.1) is 5.69 Å². The van der Waals surface area contributed by atoms with Crippen LogP contribution in [0.2, 0.25) is 0 Å². The molecule has 1 saturated heterocycles. The molecule has 0 bridgehead atoms. The molecule has 1 fully saturated rings. The van der Waals surface area contributed by atoms with Gasteiger partial charge in [0.2, 0.25) is 5.91 Å². The van der Waals surface area contributed by atoms with Crippen LogP contribution in [-0.4, -0.2) is 39.4 Å². The number of benzene rings is 1. The molecule has 144 valence electrons. The number of aromatic nitrogens is 2. The number of likely N-dealkylation sites (tertiary alicyclic amines) is 1. The van der Waals surface area contributed by atoms with E-state index >= 15 is 0 Å². The van der Waals surface area contributed by atoms with Gasteiger partial charge in [-0.25, -0.2) is 4.98 Å². The monoisotopic (exact) mass is 394 g/mol. The van der Waals surface area contributed by atoms with Crippen LogP contribution in [0.5, 0.6) is 0 Å². The third-order valence-electron chi connectivity index (χ3n) is 5.00. The van der Waals surface area contributed by atoms with Crippen molar-refractivity contribution in [1.29, 1.82) is 0 Å². The molecule has 3 heterocycles. The number of nitrogens with zero attached hydrogens (tertiary/aromatic N) is 3. The lowest BCUT2D eigenvalue weighted by Gasteiger charge is -2.31. The molecule has 1 aliphatic heterocycles. The number of amides is 2. The summed E-state index contributed by atoms with van der Waals surface area (Å²) < 4.78 is 1.98. The Morgan fingerprint density at radius 3 is 2.57 bits per heavy atom. The van der Waals surface area contributed by atoms with Crippen molar-refractivity contribution in [2.45, 2.75) is 19.8 Å². The van der Waals surface area contributed by atoms with Crippen LogP contribution in [0.1, 0.15) is 28.9 Å². The number of nitrogens with one attached hydrogen (secondary N) is 1. The van der Waals surface area contributed by atoms with Crippen LogP contribution in [0.4, 0.5) is 5.13 Å². The van der Waals surface area contributed by atoms with Crippen molar-refractivity contribution in [1.82, 2.24) is 14.5 Å². The first-order valence-electron chi connectivity index (χ1n) is 9.36. The van der Waals surface area contributed by atoms with Gasteiger partial charge < -0.3 is 14.8 Å². The van der Waals surface area contributed by atoms with Gasteiger partial charge in [0.15, 0.2) is 5.13 Å². The molecule has 1 N–H and O–H groups in total. The number of anilines is 1. The average molecular weight is 395 g/mol. The Morgan fingerprint density at radius 2 is 1.89 bits per heavy atom. The van der Waals surface area contributed by atoms with E-state index in [1.165, 1.54) is 11.3 Å². The van der Waals surface area contributed by atoms with Gasteiger partial charge in [-0.1, -0.05) is 6.07 Å². The average Bonchev–Trinajstić information content (AvgIpc) is 3.40. The van der Waals surface area contributed by atoms with Gasteiger partial charge in [-0.15, -0.1) is 11.3 Å². The minimum atomic E-state index is -0.0838. The molecule has 1 aromatic carbocycles. The Labute approximate surface area is 167 Å². The number of carbonyl (C=O) groups excluding carboxylic acids is 2. The van der Waals surface area contributed by atoms with Crippen LogP contribution in [0.3, 0.4) is 0 Å². The number of hydrogen-bond donors (Lipinski definition) is 1. The first kappa shape index (κ1) is 18.4. The summed E-state index contributed by atoms with van der Waals surface area (Å²) in [6.07, 6.45) is 5.24. The Morgan fingerprint density at radius 1 is 1.14 bits per heavy atom. The molecule has 0 spiro atoms. The highest BCUT2D eigenvalue weighted by atomic mass is 32.1. The minimum absolute atomic E-state index is 0.00365. The second-order valence-electron chi connectivity index (χ2n) is 6.99. The summed E-state index contributed by atoms with van der Waals surface area (Å²) in [5, 5.41) is 5.45. The summed E-state index contributed by atoms with van der Waals surface area (Å²) in [5.41, 5.74) is 2.54. The molecule has 3 aromatic rings. The second kappa shape index (κ2) is 7.98. The van der Waals surface area contributed by atoms with E-state index in [1.807, 2.05) is 70.6 Å². The predicted octanol–water partition coefficient (Wildman–Crippen LogP) is 3.73. The van der Waals surface area contributed by atoms with Crippen molar-refractivity contribution in [3.63, 3.8) is 0 Å². The highest BCUT2D eigenvalue weighted by molar-refractivity contribution is 7.13. The van der Waals surface area contributed by atoms with Crippen LogP contribution in [0.25, 0.3) is 5.69 Å². The maximum atomic E-state index is 12.9. The summed E-state index contributed by atoms with van der Waals surface area (Å²) in [6.45, 7) is 3.07. The van der Waals surface area contributed by atoms with Crippen molar-refractivity contribution in [3.05, 3.63) is 65.4 Å². The molecular weight excluding hydrogens is 372 g/mol. The van der Waals surface area contributed by atoms with Gasteiger partial charge in [-0.3, -0.25) is 9.59 Å². The molecule has 2 amide bonds. The number of thiazole rings is 1. The number of piperidine rings is 1. The summed E-state index contributed by atoms with van der Waals surface area (Å²) in [5.74, 6) is -0.0704. The van der Waals surface area contributed by atoms with E-state index < -0.39 is 0 Å².